The summed E-state index contributed by atoms with van der Waals surface area (Å²) in [6, 6.07) is 12.4. The van der Waals surface area contributed by atoms with Crippen LogP contribution in [0.2, 0.25) is 0 Å². The van der Waals surface area contributed by atoms with E-state index >= 15 is 0 Å². The minimum Gasteiger partial charge on any atom is -0.619 e. The summed E-state index contributed by atoms with van der Waals surface area (Å²) in [4.78, 5) is 4.66. The third kappa shape index (κ3) is 6.38. The average Bonchev–Trinajstić information content (AvgIpc) is 3.63. The summed E-state index contributed by atoms with van der Waals surface area (Å²) in [7, 11) is 0. The van der Waals surface area contributed by atoms with Gasteiger partial charge in [-0.15, -0.1) is 0 Å². The number of hydrogen-bond donors (Lipinski definition) is 1. The molecular formula is C25H26F2N2O4. The fourth-order valence-electron chi connectivity index (χ4n) is 3.67. The van der Waals surface area contributed by atoms with Gasteiger partial charge in [-0.2, -0.15) is 13.5 Å². The van der Waals surface area contributed by atoms with E-state index in [-0.39, 0.29) is 24.4 Å². The first kappa shape index (κ1) is 22.9. The van der Waals surface area contributed by atoms with Gasteiger partial charge in [0.25, 0.3) is 0 Å². The Morgan fingerprint density at radius 2 is 1.85 bits per heavy atom. The van der Waals surface area contributed by atoms with Gasteiger partial charge in [0.2, 0.25) is 0 Å². The summed E-state index contributed by atoms with van der Waals surface area (Å²) in [5.41, 5.74) is 3.62. The largest absolute Gasteiger partial charge is 0.619 e. The monoisotopic (exact) mass is 456 g/mol. The smallest absolute Gasteiger partial charge is 0.387 e. The van der Waals surface area contributed by atoms with E-state index in [4.69, 9.17) is 9.84 Å². The molecular weight excluding hydrogens is 430 g/mol. The molecule has 0 radical (unpaired) electrons. The summed E-state index contributed by atoms with van der Waals surface area (Å²) in [6.07, 6.45) is 8.43. The van der Waals surface area contributed by atoms with Gasteiger partial charge in [0, 0.05) is 36.5 Å². The number of ether oxygens (including phenoxy) is 2. The molecule has 0 saturated heterocycles. The van der Waals surface area contributed by atoms with Crippen LogP contribution in [0.4, 0.5) is 8.78 Å². The van der Waals surface area contributed by atoms with Crippen molar-refractivity contribution in [2.45, 2.75) is 50.7 Å². The van der Waals surface area contributed by atoms with Crippen LogP contribution in [0.25, 0.3) is 0 Å². The third-order valence-electron chi connectivity index (χ3n) is 5.54. The van der Waals surface area contributed by atoms with Gasteiger partial charge < -0.3 is 19.8 Å². The normalized spacial score (nSPS) is 14.3. The molecule has 0 aliphatic heterocycles. The topological polar surface area (TPSA) is 78.5 Å². The van der Waals surface area contributed by atoms with Gasteiger partial charge in [-0.25, -0.2) is 0 Å². The zero-order valence-corrected chi connectivity index (χ0v) is 18.1. The summed E-state index contributed by atoms with van der Waals surface area (Å²) in [5.74, 6) is 0.116. The fraction of sp³-hybridized carbons (Fsp3) is 0.360. The molecule has 1 aliphatic carbocycles. The number of aliphatic hydroxyl groups is 1. The van der Waals surface area contributed by atoms with Crippen LogP contribution >= 0.6 is 0 Å². The number of hydrogen-bond acceptors (Lipinski definition) is 5. The molecule has 2 heterocycles. The van der Waals surface area contributed by atoms with Crippen LogP contribution in [-0.4, -0.2) is 29.4 Å². The van der Waals surface area contributed by atoms with Crippen LogP contribution in [0, 0.1) is 5.21 Å². The van der Waals surface area contributed by atoms with Crippen molar-refractivity contribution in [1.82, 2.24) is 4.98 Å². The van der Waals surface area contributed by atoms with E-state index in [0.717, 1.165) is 46.4 Å². The molecule has 2 aromatic heterocycles. The Labute approximate surface area is 191 Å². The number of nitrogens with zero attached hydrogens (tertiary/aromatic N) is 2. The molecule has 33 heavy (non-hydrogen) atoms. The molecule has 1 N–H and O–H groups in total. The summed E-state index contributed by atoms with van der Waals surface area (Å²) in [5, 5.41) is 20.5. The second-order valence-corrected chi connectivity index (χ2v) is 8.14. The standard InChI is InChI=1S/C25H26F2N2O4/c26-25(27)33-23-8-4-19(15-24(23)32-20-5-6-20)21(14-17-9-11-29(31)12-10-17)22-7-3-18(16-28-22)2-1-13-30/h3-4,7-12,15-16,20-21,25,30H,1-2,5-6,13-14H2. The molecule has 1 aliphatic rings. The maximum absolute atomic E-state index is 12.9. The molecule has 1 fully saturated rings. The number of aromatic nitrogens is 2. The molecule has 4 rings (SSSR count). The van der Waals surface area contributed by atoms with Crippen molar-refractivity contribution in [3.63, 3.8) is 0 Å². The lowest BCUT2D eigenvalue weighted by Crippen LogP contribution is -2.24. The molecule has 1 aromatic carbocycles. The SMILES string of the molecule is [O-][n+]1ccc(CC(c2ccc(OC(F)F)c(OC3CC3)c2)c2ccc(CCCO)cn2)cc1. The van der Waals surface area contributed by atoms with Crippen molar-refractivity contribution in [3.8, 4) is 11.5 Å². The maximum Gasteiger partial charge on any atom is 0.387 e. The Kier molecular flexibility index (Phi) is 7.34. The number of aliphatic hydroxyl groups excluding tert-OH is 1. The molecule has 3 aromatic rings. The highest BCUT2D eigenvalue weighted by molar-refractivity contribution is 5.46. The van der Waals surface area contributed by atoms with E-state index in [9.17, 15) is 14.0 Å². The maximum atomic E-state index is 12.9. The number of rotatable bonds is 11. The lowest BCUT2D eigenvalue weighted by molar-refractivity contribution is -0.605. The summed E-state index contributed by atoms with van der Waals surface area (Å²) < 4.78 is 37.0. The van der Waals surface area contributed by atoms with Gasteiger partial charge in [0.1, 0.15) is 0 Å². The van der Waals surface area contributed by atoms with Gasteiger partial charge in [-0.05, 0) is 67.0 Å². The predicted octanol–water partition coefficient (Wildman–Crippen LogP) is 4.16. The molecule has 1 saturated carbocycles. The molecule has 1 atom stereocenters. The van der Waals surface area contributed by atoms with Crippen molar-refractivity contribution in [2.24, 2.45) is 0 Å². The van der Waals surface area contributed by atoms with Crippen LogP contribution in [0.1, 0.15) is 47.6 Å². The number of alkyl halides is 2. The van der Waals surface area contributed by atoms with Crippen molar-refractivity contribution < 1.29 is 28.1 Å². The van der Waals surface area contributed by atoms with Crippen molar-refractivity contribution in [1.29, 1.82) is 0 Å². The first-order valence-electron chi connectivity index (χ1n) is 11.0. The van der Waals surface area contributed by atoms with Crippen LogP contribution in [0.3, 0.4) is 0 Å². The quantitative estimate of drug-likeness (QED) is 0.346. The van der Waals surface area contributed by atoms with E-state index < -0.39 is 6.61 Å². The molecule has 174 valence electrons. The van der Waals surface area contributed by atoms with Gasteiger partial charge in [0.05, 0.1) is 6.10 Å². The van der Waals surface area contributed by atoms with Crippen molar-refractivity contribution in [3.05, 3.63) is 88.6 Å². The van der Waals surface area contributed by atoms with E-state index in [0.29, 0.717) is 18.6 Å². The molecule has 8 heteroatoms. The summed E-state index contributed by atoms with van der Waals surface area (Å²) in [6.45, 7) is -2.82. The van der Waals surface area contributed by atoms with E-state index in [1.165, 1.54) is 18.5 Å². The summed E-state index contributed by atoms with van der Waals surface area (Å²) >= 11 is 0. The molecule has 1 unspecified atom stereocenters. The van der Waals surface area contributed by atoms with Gasteiger partial charge in [-0.1, -0.05) is 12.1 Å². The highest BCUT2D eigenvalue weighted by Gasteiger charge is 2.27. The Hall–Kier alpha value is -3.26. The van der Waals surface area contributed by atoms with E-state index in [1.807, 2.05) is 12.1 Å². The second-order valence-electron chi connectivity index (χ2n) is 8.14. The fourth-order valence-corrected chi connectivity index (χ4v) is 3.67. The first-order valence-corrected chi connectivity index (χ1v) is 11.0. The van der Waals surface area contributed by atoms with Crippen LogP contribution < -0.4 is 14.2 Å². The Balaban J connectivity index is 1.67. The zero-order valence-electron chi connectivity index (χ0n) is 18.1. The Morgan fingerprint density at radius 1 is 1.06 bits per heavy atom. The van der Waals surface area contributed by atoms with Crippen molar-refractivity contribution in [2.75, 3.05) is 6.61 Å². The van der Waals surface area contributed by atoms with Crippen LogP contribution in [0.15, 0.2) is 61.1 Å². The lowest BCUT2D eigenvalue weighted by Gasteiger charge is -2.20. The lowest BCUT2D eigenvalue weighted by atomic mass is 9.88. The minimum absolute atomic E-state index is 0.0128. The molecule has 0 amide bonds. The second kappa shape index (κ2) is 10.6. The van der Waals surface area contributed by atoms with Gasteiger partial charge >= 0.3 is 6.61 Å². The van der Waals surface area contributed by atoms with E-state index in [1.54, 1.807) is 30.5 Å². The van der Waals surface area contributed by atoms with Gasteiger partial charge in [-0.3, -0.25) is 4.98 Å². The Morgan fingerprint density at radius 3 is 2.48 bits per heavy atom. The molecule has 0 spiro atoms. The third-order valence-corrected chi connectivity index (χ3v) is 5.54. The average molecular weight is 456 g/mol. The number of halogens is 2. The molecule has 0 bridgehead atoms. The Bertz CT molecular complexity index is 1040. The van der Waals surface area contributed by atoms with Crippen LogP contribution in [-0.2, 0) is 12.8 Å². The van der Waals surface area contributed by atoms with E-state index in [2.05, 4.69) is 9.72 Å². The van der Waals surface area contributed by atoms with Crippen molar-refractivity contribution >= 4 is 0 Å². The van der Waals surface area contributed by atoms with Crippen LogP contribution in [0.5, 0.6) is 11.5 Å². The highest BCUT2D eigenvalue weighted by Crippen LogP contribution is 2.38. The minimum atomic E-state index is -2.94. The number of pyridine rings is 2. The first-order chi connectivity index (χ1) is 16.0. The van der Waals surface area contributed by atoms with Gasteiger partial charge in [0.15, 0.2) is 23.9 Å². The highest BCUT2D eigenvalue weighted by atomic mass is 19.3. The molecule has 6 nitrogen and oxygen atoms in total. The zero-order chi connectivity index (χ0) is 23.2. The number of benzene rings is 1. The predicted molar refractivity (Wildman–Crippen MR) is 117 cm³/mol. The number of aryl methyl sites for hydroxylation is 1.